The molecule has 0 spiro atoms. The minimum Gasteiger partial charge on any atom is -0.456 e. The van der Waals surface area contributed by atoms with E-state index in [9.17, 15) is 18.0 Å². The van der Waals surface area contributed by atoms with Crippen LogP contribution in [0.2, 0.25) is 0 Å². The Morgan fingerprint density at radius 2 is 1.67 bits per heavy atom. The lowest BCUT2D eigenvalue weighted by Gasteiger charge is -2.20. The van der Waals surface area contributed by atoms with Crippen LogP contribution in [0.1, 0.15) is 31.1 Å². The Kier molecular flexibility index (Phi) is 3.88. The molecular formula is C12H13F3O3. The molecule has 0 atom stereocenters. The van der Waals surface area contributed by atoms with Gasteiger partial charge in [0.2, 0.25) is 0 Å². The number of hydrogen-bond acceptors (Lipinski definition) is 3. The fourth-order valence-electron chi connectivity index (χ4n) is 1.18. The molecule has 1 aromatic carbocycles. The van der Waals surface area contributed by atoms with E-state index in [1.165, 1.54) is 18.2 Å². The minimum atomic E-state index is -4.85. The summed E-state index contributed by atoms with van der Waals surface area (Å²) in [6, 6.07) is 5.05. The number of alkyl halides is 3. The van der Waals surface area contributed by atoms with Gasteiger partial charge in [0.05, 0.1) is 0 Å². The van der Waals surface area contributed by atoms with Crippen LogP contribution < -0.4 is 4.74 Å². The Hall–Kier alpha value is -1.72. The number of esters is 1. The second-order valence-corrected chi connectivity index (χ2v) is 4.55. The fourth-order valence-corrected chi connectivity index (χ4v) is 1.18. The van der Waals surface area contributed by atoms with Crippen molar-refractivity contribution in [3.8, 4) is 5.75 Å². The van der Waals surface area contributed by atoms with E-state index in [1.807, 2.05) is 0 Å². The van der Waals surface area contributed by atoms with Crippen LogP contribution in [0.5, 0.6) is 5.75 Å². The number of hydrogen-bond donors (Lipinski definition) is 0. The predicted molar refractivity (Wildman–Crippen MR) is 58.3 cm³/mol. The second-order valence-electron chi connectivity index (χ2n) is 4.55. The van der Waals surface area contributed by atoms with E-state index < -0.39 is 23.7 Å². The zero-order chi connectivity index (χ0) is 14.0. The van der Waals surface area contributed by atoms with Gasteiger partial charge >= 0.3 is 12.3 Å². The van der Waals surface area contributed by atoms with Gasteiger partial charge in [-0.25, -0.2) is 4.79 Å². The smallest absolute Gasteiger partial charge is 0.456 e. The topological polar surface area (TPSA) is 35.5 Å². The molecule has 0 amide bonds. The van der Waals surface area contributed by atoms with Crippen LogP contribution in [0.3, 0.4) is 0 Å². The molecule has 0 unspecified atom stereocenters. The highest BCUT2D eigenvalue weighted by molar-refractivity contribution is 5.92. The van der Waals surface area contributed by atoms with Crippen LogP contribution in [0.4, 0.5) is 13.2 Å². The fraction of sp³-hybridized carbons (Fsp3) is 0.417. The van der Waals surface area contributed by atoms with Gasteiger partial charge in [-0.05, 0) is 32.9 Å². The lowest BCUT2D eigenvalue weighted by Crippen LogP contribution is -2.25. The standard InChI is InChI=1S/C12H13F3O3/c1-11(2,3)18-10(16)8-6-4-5-7-9(8)17-12(13,14)15/h4-7H,1-3H3. The average molecular weight is 262 g/mol. The van der Waals surface area contributed by atoms with Crippen molar-refractivity contribution in [3.05, 3.63) is 29.8 Å². The Morgan fingerprint density at radius 1 is 1.11 bits per heavy atom. The van der Waals surface area contributed by atoms with Crippen molar-refractivity contribution in [1.29, 1.82) is 0 Å². The molecule has 0 bridgehead atoms. The number of rotatable bonds is 2. The van der Waals surface area contributed by atoms with Crippen molar-refractivity contribution >= 4 is 5.97 Å². The van der Waals surface area contributed by atoms with Crippen LogP contribution in [0.15, 0.2) is 24.3 Å². The van der Waals surface area contributed by atoms with Gasteiger partial charge in [-0.2, -0.15) is 0 Å². The monoisotopic (exact) mass is 262 g/mol. The molecule has 0 heterocycles. The summed E-state index contributed by atoms with van der Waals surface area (Å²) in [7, 11) is 0. The molecule has 0 saturated carbocycles. The van der Waals surface area contributed by atoms with Gasteiger partial charge in [0.1, 0.15) is 16.9 Å². The maximum atomic E-state index is 12.1. The number of halogens is 3. The third-order valence-electron chi connectivity index (χ3n) is 1.73. The first-order chi connectivity index (χ1) is 8.08. The molecule has 0 radical (unpaired) electrons. The zero-order valence-electron chi connectivity index (χ0n) is 10.2. The van der Waals surface area contributed by atoms with Crippen LogP contribution in [-0.2, 0) is 4.74 Å². The largest absolute Gasteiger partial charge is 0.573 e. The van der Waals surface area contributed by atoms with Gasteiger partial charge < -0.3 is 9.47 Å². The van der Waals surface area contributed by atoms with E-state index in [2.05, 4.69) is 4.74 Å². The number of carbonyl (C=O) groups excluding carboxylic acids is 1. The first-order valence-electron chi connectivity index (χ1n) is 5.16. The van der Waals surface area contributed by atoms with Crippen LogP contribution in [0, 0.1) is 0 Å². The molecule has 18 heavy (non-hydrogen) atoms. The molecule has 1 rings (SSSR count). The van der Waals surface area contributed by atoms with Crippen LogP contribution in [-0.4, -0.2) is 17.9 Å². The maximum absolute atomic E-state index is 12.1. The SMILES string of the molecule is CC(C)(C)OC(=O)c1ccccc1OC(F)(F)F. The highest BCUT2D eigenvalue weighted by Crippen LogP contribution is 2.27. The Morgan fingerprint density at radius 3 is 2.17 bits per heavy atom. The van der Waals surface area contributed by atoms with Gasteiger partial charge in [-0.15, -0.1) is 13.2 Å². The number of carbonyl (C=O) groups is 1. The van der Waals surface area contributed by atoms with Gasteiger partial charge in [0.25, 0.3) is 0 Å². The minimum absolute atomic E-state index is 0.259. The van der Waals surface area contributed by atoms with Gasteiger partial charge in [0.15, 0.2) is 0 Å². The van der Waals surface area contributed by atoms with Crippen molar-refractivity contribution < 1.29 is 27.4 Å². The van der Waals surface area contributed by atoms with Crippen molar-refractivity contribution in [3.63, 3.8) is 0 Å². The Labute approximate surface area is 103 Å². The summed E-state index contributed by atoms with van der Waals surface area (Å²) in [5, 5.41) is 0. The normalized spacial score (nSPS) is 12.1. The molecule has 0 aromatic heterocycles. The average Bonchev–Trinajstić information content (AvgIpc) is 2.12. The quantitative estimate of drug-likeness (QED) is 0.765. The highest BCUT2D eigenvalue weighted by atomic mass is 19.4. The Bertz CT molecular complexity index is 433. The second kappa shape index (κ2) is 4.88. The third kappa shape index (κ3) is 4.65. The molecule has 0 saturated heterocycles. The summed E-state index contributed by atoms with van der Waals surface area (Å²) in [5.74, 6) is -1.43. The predicted octanol–water partition coefficient (Wildman–Crippen LogP) is 3.54. The molecule has 1 aromatic rings. The van der Waals surface area contributed by atoms with Crippen molar-refractivity contribution in [1.82, 2.24) is 0 Å². The summed E-state index contributed by atoms with van der Waals surface area (Å²) in [6.07, 6.45) is -4.85. The maximum Gasteiger partial charge on any atom is 0.573 e. The van der Waals surface area contributed by atoms with E-state index in [1.54, 1.807) is 20.8 Å². The van der Waals surface area contributed by atoms with E-state index in [0.717, 1.165) is 6.07 Å². The van der Waals surface area contributed by atoms with E-state index in [-0.39, 0.29) is 5.56 Å². The summed E-state index contributed by atoms with van der Waals surface area (Å²) in [5.41, 5.74) is -1.05. The van der Waals surface area contributed by atoms with Crippen molar-refractivity contribution in [2.45, 2.75) is 32.7 Å². The number of benzene rings is 1. The van der Waals surface area contributed by atoms with E-state index >= 15 is 0 Å². The molecule has 0 aliphatic carbocycles. The van der Waals surface area contributed by atoms with Gasteiger partial charge in [-0.1, -0.05) is 12.1 Å². The molecule has 100 valence electrons. The lowest BCUT2D eigenvalue weighted by atomic mass is 10.1. The highest BCUT2D eigenvalue weighted by Gasteiger charge is 2.33. The third-order valence-corrected chi connectivity index (χ3v) is 1.73. The summed E-state index contributed by atoms with van der Waals surface area (Å²) in [4.78, 5) is 11.7. The van der Waals surface area contributed by atoms with Gasteiger partial charge in [0, 0.05) is 0 Å². The van der Waals surface area contributed by atoms with E-state index in [4.69, 9.17) is 4.74 Å². The van der Waals surface area contributed by atoms with Crippen LogP contribution >= 0.6 is 0 Å². The van der Waals surface area contributed by atoms with Crippen molar-refractivity contribution in [2.75, 3.05) is 0 Å². The molecule has 6 heteroatoms. The van der Waals surface area contributed by atoms with E-state index in [0.29, 0.717) is 0 Å². The summed E-state index contributed by atoms with van der Waals surface area (Å²) < 4.78 is 45.2. The number of para-hydroxylation sites is 1. The summed E-state index contributed by atoms with van der Waals surface area (Å²) >= 11 is 0. The molecule has 3 nitrogen and oxygen atoms in total. The van der Waals surface area contributed by atoms with Crippen LogP contribution in [0.25, 0.3) is 0 Å². The lowest BCUT2D eigenvalue weighted by molar-refractivity contribution is -0.274. The summed E-state index contributed by atoms with van der Waals surface area (Å²) in [6.45, 7) is 4.87. The van der Waals surface area contributed by atoms with Gasteiger partial charge in [-0.3, -0.25) is 0 Å². The zero-order valence-corrected chi connectivity index (χ0v) is 10.2. The Balaban J connectivity index is 2.99. The molecular weight excluding hydrogens is 249 g/mol. The first kappa shape index (κ1) is 14.3. The molecule has 0 fully saturated rings. The molecule has 0 aliphatic heterocycles. The molecule has 0 aliphatic rings. The number of ether oxygens (including phenoxy) is 2. The van der Waals surface area contributed by atoms with Crippen molar-refractivity contribution in [2.24, 2.45) is 0 Å². The first-order valence-corrected chi connectivity index (χ1v) is 5.16. The molecule has 0 N–H and O–H groups in total.